The fourth-order valence-electron chi connectivity index (χ4n) is 2.54. The highest BCUT2D eigenvalue weighted by Crippen LogP contribution is 2.18. The molecular formula is C16H26ClN3O2S. The van der Waals surface area contributed by atoms with Crippen molar-refractivity contribution in [1.29, 1.82) is 0 Å². The summed E-state index contributed by atoms with van der Waals surface area (Å²) in [7, 11) is 0. The third kappa shape index (κ3) is 4.68. The second-order valence-corrected chi connectivity index (χ2v) is 7.23. The molecule has 7 heteroatoms. The summed E-state index contributed by atoms with van der Waals surface area (Å²) in [5.74, 6) is 0.256. The van der Waals surface area contributed by atoms with Crippen LogP contribution in [0.15, 0.2) is 12.1 Å². The topological polar surface area (TPSA) is 66.6 Å². The Labute approximate surface area is 148 Å². The normalized spacial score (nSPS) is 17.4. The summed E-state index contributed by atoms with van der Waals surface area (Å²) in [5.41, 5.74) is 6.02. The second kappa shape index (κ2) is 8.66. The average molecular weight is 360 g/mol. The number of nitrogens with two attached hydrogens (primary N) is 1. The van der Waals surface area contributed by atoms with Crippen LogP contribution in [-0.2, 0) is 4.79 Å². The van der Waals surface area contributed by atoms with Crippen molar-refractivity contribution >= 4 is 35.6 Å². The first-order chi connectivity index (χ1) is 10.4. The number of carbonyl (C=O) groups is 2. The molecule has 23 heavy (non-hydrogen) atoms. The molecular weight excluding hydrogens is 334 g/mol. The maximum atomic E-state index is 12.4. The van der Waals surface area contributed by atoms with Crippen molar-refractivity contribution in [2.75, 3.05) is 26.2 Å². The molecule has 0 aliphatic carbocycles. The zero-order valence-electron chi connectivity index (χ0n) is 13.9. The van der Waals surface area contributed by atoms with E-state index in [0.717, 1.165) is 16.2 Å². The maximum Gasteiger partial charge on any atom is 0.264 e. The van der Waals surface area contributed by atoms with Crippen molar-refractivity contribution in [1.82, 2.24) is 9.80 Å². The lowest BCUT2D eigenvalue weighted by atomic mass is 9.98. The smallest absolute Gasteiger partial charge is 0.264 e. The summed E-state index contributed by atoms with van der Waals surface area (Å²) >= 11 is 1.52. The third-order valence-electron chi connectivity index (χ3n) is 4.37. The molecule has 1 aliphatic heterocycles. The third-order valence-corrected chi connectivity index (χ3v) is 5.36. The van der Waals surface area contributed by atoms with E-state index >= 15 is 0 Å². The second-order valence-electron chi connectivity index (χ2n) is 5.94. The molecule has 0 bridgehead atoms. The fourth-order valence-corrected chi connectivity index (χ4v) is 3.38. The van der Waals surface area contributed by atoms with Gasteiger partial charge in [0, 0.05) is 31.1 Å². The van der Waals surface area contributed by atoms with Gasteiger partial charge in [-0.1, -0.05) is 20.3 Å². The number of hydrogen-bond acceptors (Lipinski definition) is 4. The fraction of sp³-hybridized carbons (Fsp3) is 0.625. The van der Waals surface area contributed by atoms with Crippen molar-refractivity contribution in [3.05, 3.63) is 21.9 Å². The molecule has 1 fully saturated rings. The highest BCUT2D eigenvalue weighted by molar-refractivity contribution is 7.13. The molecule has 0 spiro atoms. The van der Waals surface area contributed by atoms with Crippen LogP contribution in [-0.4, -0.2) is 53.8 Å². The number of nitrogens with zero attached hydrogens (tertiary/aromatic N) is 2. The van der Waals surface area contributed by atoms with Crippen molar-refractivity contribution in [3.8, 4) is 0 Å². The van der Waals surface area contributed by atoms with Gasteiger partial charge < -0.3 is 15.5 Å². The van der Waals surface area contributed by atoms with Crippen LogP contribution in [0.4, 0.5) is 0 Å². The molecule has 1 aliphatic rings. The van der Waals surface area contributed by atoms with Gasteiger partial charge in [-0.3, -0.25) is 9.59 Å². The monoisotopic (exact) mass is 359 g/mol. The molecule has 1 aromatic heterocycles. The van der Waals surface area contributed by atoms with Gasteiger partial charge in [-0.05, 0) is 25.0 Å². The first kappa shape index (κ1) is 19.9. The average Bonchev–Trinajstić information content (AvgIpc) is 2.98. The predicted molar refractivity (Wildman–Crippen MR) is 96.2 cm³/mol. The van der Waals surface area contributed by atoms with E-state index in [-0.39, 0.29) is 30.1 Å². The summed E-state index contributed by atoms with van der Waals surface area (Å²) in [5, 5.41) is 0. The van der Waals surface area contributed by atoms with Gasteiger partial charge in [0.25, 0.3) is 5.91 Å². The minimum atomic E-state index is -0.438. The van der Waals surface area contributed by atoms with Gasteiger partial charge in [-0.2, -0.15) is 0 Å². The molecule has 2 heterocycles. The molecule has 5 nitrogen and oxygen atoms in total. The SMILES string of the molecule is CCC(C)C(N)C(=O)N1CCN(C(=O)c2ccc(C)s2)CC1.Cl. The van der Waals surface area contributed by atoms with E-state index in [9.17, 15) is 9.59 Å². The minimum absolute atomic E-state index is 0. The zero-order valence-corrected chi connectivity index (χ0v) is 15.6. The summed E-state index contributed by atoms with van der Waals surface area (Å²) in [6.07, 6.45) is 0.892. The van der Waals surface area contributed by atoms with E-state index in [1.165, 1.54) is 11.3 Å². The Morgan fingerprint density at radius 3 is 2.26 bits per heavy atom. The Bertz CT molecular complexity index is 541. The minimum Gasteiger partial charge on any atom is -0.338 e. The maximum absolute atomic E-state index is 12.4. The molecule has 2 N–H and O–H groups in total. The summed E-state index contributed by atoms with van der Waals surface area (Å²) in [6, 6.07) is 3.40. The Kier molecular flexibility index (Phi) is 7.51. The van der Waals surface area contributed by atoms with E-state index < -0.39 is 6.04 Å². The lowest BCUT2D eigenvalue weighted by molar-refractivity contribution is -0.135. The first-order valence-corrected chi connectivity index (χ1v) is 8.65. The molecule has 2 atom stereocenters. The van der Waals surface area contributed by atoms with Crippen LogP contribution in [0.1, 0.15) is 34.8 Å². The number of carbonyl (C=O) groups excluding carboxylic acids is 2. The van der Waals surface area contributed by atoms with Crippen LogP contribution in [0.3, 0.4) is 0 Å². The quantitative estimate of drug-likeness (QED) is 0.895. The van der Waals surface area contributed by atoms with Gasteiger partial charge in [0.2, 0.25) is 5.91 Å². The highest BCUT2D eigenvalue weighted by Gasteiger charge is 2.29. The number of aryl methyl sites for hydroxylation is 1. The number of thiophene rings is 1. The van der Waals surface area contributed by atoms with Gasteiger partial charge >= 0.3 is 0 Å². The Morgan fingerprint density at radius 2 is 1.78 bits per heavy atom. The van der Waals surface area contributed by atoms with E-state index in [4.69, 9.17) is 5.73 Å². The predicted octanol–water partition coefficient (Wildman–Crippen LogP) is 2.14. The molecule has 0 saturated carbocycles. The van der Waals surface area contributed by atoms with Crippen LogP contribution in [0, 0.1) is 12.8 Å². The molecule has 1 saturated heterocycles. The van der Waals surface area contributed by atoms with Crippen LogP contribution in [0.25, 0.3) is 0 Å². The standard InChI is InChI=1S/C16H25N3O2S.ClH/c1-4-11(2)14(17)16(21)19-9-7-18(8-10-19)15(20)13-6-5-12(3)22-13;/h5-6,11,14H,4,7-10,17H2,1-3H3;1H. The van der Waals surface area contributed by atoms with Crippen molar-refractivity contribution < 1.29 is 9.59 Å². The van der Waals surface area contributed by atoms with Gasteiger partial charge in [-0.25, -0.2) is 0 Å². The van der Waals surface area contributed by atoms with Gasteiger partial charge in [0.05, 0.1) is 10.9 Å². The first-order valence-electron chi connectivity index (χ1n) is 7.84. The Morgan fingerprint density at radius 1 is 1.22 bits per heavy atom. The molecule has 130 valence electrons. The van der Waals surface area contributed by atoms with Crippen LogP contribution in [0.5, 0.6) is 0 Å². The zero-order chi connectivity index (χ0) is 16.3. The van der Waals surface area contributed by atoms with Gasteiger partial charge in [0.1, 0.15) is 0 Å². The summed E-state index contributed by atoms with van der Waals surface area (Å²) in [6.45, 7) is 8.33. The van der Waals surface area contributed by atoms with E-state index in [2.05, 4.69) is 0 Å². The van der Waals surface area contributed by atoms with Crippen molar-refractivity contribution in [2.24, 2.45) is 11.7 Å². The van der Waals surface area contributed by atoms with Crippen LogP contribution >= 0.6 is 23.7 Å². The molecule has 2 unspecified atom stereocenters. The Balaban J connectivity index is 0.00000264. The summed E-state index contributed by atoms with van der Waals surface area (Å²) < 4.78 is 0. The largest absolute Gasteiger partial charge is 0.338 e. The van der Waals surface area contributed by atoms with E-state index in [1.54, 1.807) is 4.90 Å². The number of rotatable bonds is 4. The molecule has 1 aromatic rings. The molecule has 2 amide bonds. The molecule has 0 radical (unpaired) electrons. The number of piperazine rings is 1. The Hall–Kier alpha value is -1.11. The van der Waals surface area contributed by atoms with Gasteiger partial charge in [-0.15, -0.1) is 23.7 Å². The van der Waals surface area contributed by atoms with Gasteiger partial charge in [0.15, 0.2) is 0 Å². The molecule has 0 aromatic carbocycles. The van der Waals surface area contributed by atoms with E-state index in [0.29, 0.717) is 26.2 Å². The van der Waals surface area contributed by atoms with Crippen molar-refractivity contribution in [2.45, 2.75) is 33.2 Å². The molecule has 2 rings (SSSR count). The number of halogens is 1. The van der Waals surface area contributed by atoms with Crippen molar-refractivity contribution in [3.63, 3.8) is 0 Å². The highest BCUT2D eigenvalue weighted by atomic mass is 35.5. The van der Waals surface area contributed by atoms with E-state index in [1.807, 2.05) is 37.8 Å². The van der Waals surface area contributed by atoms with Crippen LogP contribution in [0.2, 0.25) is 0 Å². The lowest BCUT2D eigenvalue weighted by Gasteiger charge is -2.36. The lowest BCUT2D eigenvalue weighted by Crippen LogP contribution is -2.55. The number of hydrogen-bond donors (Lipinski definition) is 1. The van der Waals surface area contributed by atoms with Crippen LogP contribution < -0.4 is 5.73 Å². The number of amides is 2. The summed E-state index contributed by atoms with van der Waals surface area (Å²) in [4.78, 5) is 30.3.